The summed E-state index contributed by atoms with van der Waals surface area (Å²) in [5.41, 5.74) is 4.17. The van der Waals surface area contributed by atoms with Crippen molar-refractivity contribution in [3.8, 4) is 0 Å². The minimum absolute atomic E-state index is 0.112. The molecule has 1 N–H and O–H groups in total. The molecule has 1 aliphatic heterocycles. The van der Waals surface area contributed by atoms with Crippen molar-refractivity contribution in [2.45, 2.75) is 6.42 Å². The van der Waals surface area contributed by atoms with Crippen LogP contribution in [-0.4, -0.2) is 12.4 Å². The number of anilines is 1. The fraction of sp³-hybridized carbons (Fsp3) is 0.222. The Balaban J connectivity index is 2.49. The highest BCUT2D eigenvalue weighted by Crippen LogP contribution is 2.24. The quantitative estimate of drug-likeness (QED) is 0.758. The molecule has 0 aliphatic carbocycles. The van der Waals surface area contributed by atoms with Gasteiger partial charge in [0.25, 0.3) is 0 Å². The highest BCUT2D eigenvalue weighted by molar-refractivity contribution is 9.10. The molecule has 1 aromatic rings. The largest absolute Gasteiger partial charge is 0.294 e. The van der Waals surface area contributed by atoms with Gasteiger partial charge >= 0.3 is 0 Å². The van der Waals surface area contributed by atoms with Gasteiger partial charge in [0.15, 0.2) is 5.78 Å². The maximum absolute atomic E-state index is 11.5. The number of Topliss-reactive ketones (excluding diaryl/α,β-unsaturated/α-hetero) is 1. The highest BCUT2D eigenvalue weighted by Gasteiger charge is 2.15. The SMILES string of the molecule is O=C1CCONc2ccc(Br)cc21. The molecular weight excluding hydrogens is 234 g/mol. The van der Waals surface area contributed by atoms with Crippen molar-refractivity contribution in [2.24, 2.45) is 0 Å². The lowest BCUT2D eigenvalue weighted by Gasteiger charge is -2.05. The van der Waals surface area contributed by atoms with Gasteiger partial charge in [0.1, 0.15) is 0 Å². The number of benzene rings is 1. The molecule has 1 aliphatic rings. The maximum atomic E-state index is 11.5. The van der Waals surface area contributed by atoms with Crippen molar-refractivity contribution in [3.05, 3.63) is 28.2 Å². The molecule has 1 aromatic carbocycles. The van der Waals surface area contributed by atoms with Crippen molar-refractivity contribution in [1.29, 1.82) is 0 Å². The molecule has 0 radical (unpaired) electrons. The molecule has 0 amide bonds. The number of ketones is 1. The van der Waals surface area contributed by atoms with Crippen LogP contribution in [0.25, 0.3) is 0 Å². The summed E-state index contributed by atoms with van der Waals surface area (Å²) >= 11 is 3.32. The summed E-state index contributed by atoms with van der Waals surface area (Å²) in [7, 11) is 0. The van der Waals surface area contributed by atoms with Crippen LogP contribution in [0.2, 0.25) is 0 Å². The number of carbonyl (C=O) groups excluding carboxylic acids is 1. The predicted octanol–water partition coefficient (Wildman–Crippen LogP) is 2.38. The van der Waals surface area contributed by atoms with Gasteiger partial charge in [0.05, 0.1) is 12.3 Å². The van der Waals surface area contributed by atoms with Gasteiger partial charge < -0.3 is 0 Å². The summed E-state index contributed by atoms with van der Waals surface area (Å²) in [5.74, 6) is 0.112. The molecule has 0 saturated heterocycles. The number of carbonyl (C=O) groups is 1. The minimum atomic E-state index is 0.112. The van der Waals surface area contributed by atoms with Crippen LogP contribution in [0.4, 0.5) is 5.69 Å². The normalized spacial score (nSPS) is 15.9. The van der Waals surface area contributed by atoms with Gasteiger partial charge in [-0.1, -0.05) is 15.9 Å². The lowest BCUT2D eigenvalue weighted by molar-refractivity contribution is 0.0948. The molecule has 3 nitrogen and oxygen atoms in total. The Kier molecular flexibility index (Phi) is 2.33. The van der Waals surface area contributed by atoms with Crippen LogP contribution in [-0.2, 0) is 4.84 Å². The Morgan fingerprint density at radius 1 is 1.46 bits per heavy atom. The number of fused-ring (bicyclic) bond motifs is 1. The summed E-state index contributed by atoms with van der Waals surface area (Å²) in [6.07, 6.45) is 0.427. The average Bonchev–Trinajstić information content (AvgIpc) is 2.29. The highest BCUT2D eigenvalue weighted by atomic mass is 79.9. The molecule has 68 valence electrons. The molecule has 0 spiro atoms. The van der Waals surface area contributed by atoms with Gasteiger partial charge in [-0.15, -0.1) is 0 Å². The molecular formula is C9H8BrNO2. The third kappa shape index (κ3) is 1.73. The second kappa shape index (κ2) is 3.47. The molecule has 0 fully saturated rings. The number of rotatable bonds is 0. The summed E-state index contributed by atoms with van der Waals surface area (Å²) in [6, 6.07) is 5.50. The summed E-state index contributed by atoms with van der Waals surface area (Å²) in [5, 5.41) is 0. The fourth-order valence-electron chi connectivity index (χ4n) is 1.24. The first-order valence-electron chi connectivity index (χ1n) is 3.98. The molecule has 0 unspecified atom stereocenters. The third-order valence-corrected chi connectivity index (χ3v) is 2.39. The standard InChI is InChI=1S/C9H8BrNO2/c10-6-1-2-8-7(5-6)9(12)3-4-13-11-8/h1-2,5,11H,3-4H2. The van der Waals surface area contributed by atoms with Crippen molar-refractivity contribution in [1.82, 2.24) is 0 Å². The van der Waals surface area contributed by atoms with E-state index in [1.165, 1.54) is 0 Å². The van der Waals surface area contributed by atoms with E-state index in [1.807, 2.05) is 12.1 Å². The lowest BCUT2D eigenvalue weighted by Crippen LogP contribution is -1.99. The average molecular weight is 242 g/mol. The van der Waals surface area contributed by atoms with E-state index in [0.717, 1.165) is 10.2 Å². The summed E-state index contributed by atoms with van der Waals surface area (Å²) in [4.78, 5) is 16.6. The monoisotopic (exact) mass is 241 g/mol. The van der Waals surface area contributed by atoms with Crippen LogP contribution in [0.15, 0.2) is 22.7 Å². The van der Waals surface area contributed by atoms with Crippen LogP contribution >= 0.6 is 15.9 Å². The molecule has 0 bridgehead atoms. The van der Waals surface area contributed by atoms with E-state index < -0.39 is 0 Å². The topological polar surface area (TPSA) is 38.3 Å². The van der Waals surface area contributed by atoms with E-state index in [2.05, 4.69) is 21.4 Å². The van der Waals surface area contributed by atoms with Gasteiger partial charge in [-0.3, -0.25) is 15.1 Å². The zero-order valence-corrected chi connectivity index (χ0v) is 8.43. The zero-order valence-electron chi connectivity index (χ0n) is 6.84. The molecule has 0 atom stereocenters. The minimum Gasteiger partial charge on any atom is -0.294 e. The van der Waals surface area contributed by atoms with Gasteiger partial charge in [-0.25, -0.2) is 0 Å². The van der Waals surface area contributed by atoms with E-state index in [4.69, 9.17) is 4.84 Å². The predicted molar refractivity (Wildman–Crippen MR) is 52.7 cm³/mol. The van der Waals surface area contributed by atoms with Crippen LogP contribution in [0.5, 0.6) is 0 Å². The van der Waals surface area contributed by atoms with Crippen molar-refractivity contribution >= 4 is 27.4 Å². The zero-order chi connectivity index (χ0) is 9.26. The smallest absolute Gasteiger partial charge is 0.167 e. The van der Waals surface area contributed by atoms with E-state index in [0.29, 0.717) is 18.6 Å². The third-order valence-electron chi connectivity index (χ3n) is 1.90. The van der Waals surface area contributed by atoms with Crippen LogP contribution in [0, 0.1) is 0 Å². The maximum Gasteiger partial charge on any atom is 0.167 e. The second-order valence-electron chi connectivity index (χ2n) is 2.81. The molecule has 4 heteroatoms. The summed E-state index contributed by atoms with van der Waals surface area (Å²) in [6.45, 7) is 0.422. The van der Waals surface area contributed by atoms with E-state index in [1.54, 1.807) is 6.07 Å². The summed E-state index contributed by atoms with van der Waals surface area (Å²) < 4.78 is 0.906. The van der Waals surface area contributed by atoms with Gasteiger partial charge in [0, 0.05) is 16.5 Å². The molecule has 1 heterocycles. The van der Waals surface area contributed by atoms with E-state index >= 15 is 0 Å². The Labute approximate surface area is 84.2 Å². The van der Waals surface area contributed by atoms with Crippen LogP contribution < -0.4 is 5.48 Å². The number of halogens is 1. The number of nitrogens with one attached hydrogen (secondary N) is 1. The van der Waals surface area contributed by atoms with Crippen LogP contribution in [0.1, 0.15) is 16.8 Å². The molecule has 0 saturated carbocycles. The first kappa shape index (κ1) is 8.72. The Bertz CT molecular complexity index is 351. The molecule has 2 rings (SSSR count). The van der Waals surface area contributed by atoms with Gasteiger partial charge in [-0.2, -0.15) is 0 Å². The number of hydrogen-bond acceptors (Lipinski definition) is 3. The lowest BCUT2D eigenvalue weighted by atomic mass is 10.1. The Hall–Kier alpha value is -0.870. The van der Waals surface area contributed by atoms with E-state index in [9.17, 15) is 4.79 Å². The van der Waals surface area contributed by atoms with Gasteiger partial charge in [-0.05, 0) is 18.2 Å². The Morgan fingerprint density at radius 2 is 2.31 bits per heavy atom. The first-order valence-corrected chi connectivity index (χ1v) is 4.77. The number of hydrogen-bond donors (Lipinski definition) is 1. The van der Waals surface area contributed by atoms with Crippen molar-refractivity contribution in [3.63, 3.8) is 0 Å². The molecule has 0 aromatic heterocycles. The first-order chi connectivity index (χ1) is 6.27. The fourth-order valence-corrected chi connectivity index (χ4v) is 1.60. The molecule has 13 heavy (non-hydrogen) atoms. The second-order valence-corrected chi connectivity index (χ2v) is 3.73. The van der Waals surface area contributed by atoms with Crippen LogP contribution in [0.3, 0.4) is 0 Å². The Morgan fingerprint density at radius 3 is 3.15 bits per heavy atom. The van der Waals surface area contributed by atoms with E-state index in [-0.39, 0.29) is 5.78 Å². The van der Waals surface area contributed by atoms with Crippen molar-refractivity contribution < 1.29 is 9.63 Å². The van der Waals surface area contributed by atoms with Crippen molar-refractivity contribution in [2.75, 3.05) is 12.1 Å². The van der Waals surface area contributed by atoms with Gasteiger partial charge in [0.2, 0.25) is 0 Å².